The van der Waals surface area contributed by atoms with Gasteiger partial charge in [-0.05, 0) is 19.1 Å². The zero-order valence-corrected chi connectivity index (χ0v) is 11.3. The molecule has 0 bridgehead atoms. The van der Waals surface area contributed by atoms with Crippen LogP contribution in [0.2, 0.25) is 0 Å². The van der Waals surface area contributed by atoms with Gasteiger partial charge in [0.05, 0.1) is 10.1 Å². The van der Waals surface area contributed by atoms with E-state index in [9.17, 15) is 4.79 Å². The molecule has 0 aromatic carbocycles. The van der Waals surface area contributed by atoms with Crippen molar-refractivity contribution in [2.24, 2.45) is 0 Å². The first-order chi connectivity index (χ1) is 7.18. The zero-order valence-electron chi connectivity index (χ0n) is 8.86. The molecule has 2 heterocycles. The van der Waals surface area contributed by atoms with Gasteiger partial charge < -0.3 is 0 Å². The van der Waals surface area contributed by atoms with Crippen LogP contribution in [0.3, 0.4) is 0 Å². The molecule has 0 N–H and O–H groups in total. The fraction of sp³-hybridized carbons (Fsp3) is 0.545. The molecule has 15 heavy (non-hydrogen) atoms. The van der Waals surface area contributed by atoms with Crippen LogP contribution in [0.15, 0.2) is 12.1 Å². The molecule has 1 aromatic rings. The molecule has 82 valence electrons. The average Bonchev–Trinajstić information content (AvgIpc) is 2.65. The highest BCUT2D eigenvalue weighted by atomic mass is 32.2. The predicted molar refractivity (Wildman–Crippen MR) is 71.6 cm³/mol. The fourth-order valence-corrected chi connectivity index (χ4v) is 5.26. The van der Waals surface area contributed by atoms with Crippen LogP contribution in [0.25, 0.3) is 0 Å². The molecular formula is C11H14OS3. The lowest BCUT2D eigenvalue weighted by molar-refractivity contribution is 0.0993. The third-order valence-corrected chi connectivity index (χ3v) is 6.53. The maximum Gasteiger partial charge on any atom is 0.186 e. The van der Waals surface area contributed by atoms with Crippen molar-refractivity contribution in [1.82, 2.24) is 0 Å². The molecule has 4 heteroatoms. The SMILES string of the molecule is Cc1ccc(C(=O)C2SCCSC2C)s1. The molecule has 0 spiro atoms. The van der Waals surface area contributed by atoms with Crippen LogP contribution in [0, 0.1) is 6.92 Å². The Kier molecular flexibility index (Phi) is 3.80. The second-order valence-electron chi connectivity index (χ2n) is 3.64. The van der Waals surface area contributed by atoms with Gasteiger partial charge in [-0.2, -0.15) is 11.8 Å². The Balaban J connectivity index is 2.13. The van der Waals surface area contributed by atoms with Gasteiger partial charge in [0, 0.05) is 21.6 Å². The van der Waals surface area contributed by atoms with Gasteiger partial charge in [-0.1, -0.05) is 6.92 Å². The van der Waals surface area contributed by atoms with Crippen LogP contribution >= 0.6 is 34.9 Å². The molecule has 0 saturated carbocycles. The smallest absolute Gasteiger partial charge is 0.186 e. The lowest BCUT2D eigenvalue weighted by Gasteiger charge is -2.26. The Hall–Kier alpha value is 0.0700. The molecule has 1 aliphatic rings. The number of ketones is 1. The highest BCUT2D eigenvalue weighted by Gasteiger charge is 2.30. The summed E-state index contributed by atoms with van der Waals surface area (Å²) in [6.45, 7) is 4.22. The van der Waals surface area contributed by atoms with Crippen molar-refractivity contribution in [3.63, 3.8) is 0 Å². The van der Waals surface area contributed by atoms with E-state index >= 15 is 0 Å². The zero-order chi connectivity index (χ0) is 10.8. The van der Waals surface area contributed by atoms with Crippen LogP contribution in [-0.2, 0) is 0 Å². The van der Waals surface area contributed by atoms with E-state index in [1.54, 1.807) is 11.3 Å². The van der Waals surface area contributed by atoms with E-state index < -0.39 is 0 Å². The molecule has 1 aromatic heterocycles. The molecule has 1 fully saturated rings. The first-order valence-electron chi connectivity index (χ1n) is 5.02. The molecule has 1 saturated heterocycles. The minimum Gasteiger partial charge on any atom is -0.292 e. The molecule has 0 aliphatic carbocycles. The highest BCUT2D eigenvalue weighted by molar-refractivity contribution is 8.07. The number of hydrogen-bond donors (Lipinski definition) is 0. The number of carbonyl (C=O) groups is 1. The van der Waals surface area contributed by atoms with Gasteiger partial charge in [-0.3, -0.25) is 4.79 Å². The minimum absolute atomic E-state index is 0.168. The molecule has 2 rings (SSSR count). The predicted octanol–water partition coefficient (Wildman–Crippen LogP) is 3.48. The molecule has 2 atom stereocenters. The van der Waals surface area contributed by atoms with Crippen molar-refractivity contribution >= 4 is 40.6 Å². The molecular weight excluding hydrogens is 244 g/mol. The lowest BCUT2D eigenvalue weighted by Crippen LogP contribution is -2.30. The van der Waals surface area contributed by atoms with Gasteiger partial charge in [0.1, 0.15) is 0 Å². The fourth-order valence-electron chi connectivity index (χ4n) is 1.63. The summed E-state index contributed by atoms with van der Waals surface area (Å²) in [6.07, 6.45) is 0. The Bertz CT molecular complexity index is 358. The number of Topliss-reactive ketones (excluding diaryl/α,β-unsaturated/α-hetero) is 1. The van der Waals surface area contributed by atoms with Gasteiger partial charge >= 0.3 is 0 Å². The van der Waals surface area contributed by atoms with Crippen molar-refractivity contribution < 1.29 is 4.79 Å². The van der Waals surface area contributed by atoms with E-state index in [4.69, 9.17) is 0 Å². The first kappa shape index (κ1) is 11.6. The second kappa shape index (κ2) is 4.93. The number of thioether (sulfide) groups is 2. The van der Waals surface area contributed by atoms with E-state index in [1.807, 2.05) is 42.6 Å². The van der Waals surface area contributed by atoms with Gasteiger partial charge in [-0.25, -0.2) is 0 Å². The molecule has 2 unspecified atom stereocenters. The number of carbonyl (C=O) groups excluding carboxylic acids is 1. The maximum atomic E-state index is 12.2. The third-order valence-electron chi connectivity index (χ3n) is 2.43. The highest BCUT2D eigenvalue weighted by Crippen LogP contribution is 2.34. The summed E-state index contributed by atoms with van der Waals surface area (Å²) in [7, 11) is 0. The van der Waals surface area contributed by atoms with Crippen molar-refractivity contribution in [1.29, 1.82) is 0 Å². The second-order valence-corrected chi connectivity index (χ2v) is 7.66. The Morgan fingerprint density at radius 3 is 2.67 bits per heavy atom. The normalized spacial score (nSPS) is 26.5. The van der Waals surface area contributed by atoms with Gasteiger partial charge in [0.15, 0.2) is 5.78 Å². The summed E-state index contributed by atoms with van der Waals surface area (Å²) in [4.78, 5) is 14.4. The van der Waals surface area contributed by atoms with Gasteiger partial charge in [0.2, 0.25) is 0 Å². The minimum atomic E-state index is 0.168. The van der Waals surface area contributed by atoms with Crippen molar-refractivity contribution in [2.75, 3.05) is 11.5 Å². The maximum absolute atomic E-state index is 12.2. The largest absolute Gasteiger partial charge is 0.292 e. The van der Waals surface area contributed by atoms with Gasteiger partial charge in [-0.15, -0.1) is 23.1 Å². The lowest BCUT2D eigenvalue weighted by atomic mass is 10.2. The Labute approximate surface area is 103 Å². The summed E-state index contributed by atoms with van der Waals surface area (Å²) >= 11 is 5.36. The molecule has 0 radical (unpaired) electrons. The Morgan fingerprint density at radius 2 is 2.07 bits per heavy atom. The number of hydrogen-bond acceptors (Lipinski definition) is 4. The Morgan fingerprint density at radius 1 is 1.33 bits per heavy atom. The summed E-state index contributed by atoms with van der Waals surface area (Å²) < 4.78 is 0. The van der Waals surface area contributed by atoms with Gasteiger partial charge in [0.25, 0.3) is 0 Å². The van der Waals surface area contributed by atoms with E-state index in [1.165, 1.54) is 10.6 Å². The van der Waals surface area contributed by atoms with E-state index in [-0.39, 0.29) is 5.25 Å². The van der Waals surface area contributed by atoms with Crippen LogP contribution in [0.5, 0.6) is 0 Å². The number of rotatable bonds is 2. The molecule has 1 aliphatic heterocycles. The summed E-state index contributed by atoms with van der Waals surface area (Å²) in [5.74, 6) is 2.62. The molecule has 0 amide bonds. The monoisotopic (exact) mass is 258 g/mol. The van der Waals surface area contributed by atoms with Crippen molar-refractivity contribution in [2.45, 2.75) is 24.3 Å². The summed E-state index contributed by atoms with van der Waals surface area (Å²) in [6, 6.07) is 4.00. The van der Waals surface area contributed by atoms with Crippen LogP contribution < -0.4 is 0 Å². The van der Waals surface area contributed by atoms with E-state index in [0.29, 0.717) is 11.0 Å². The summed E-state index contributed by atoms with van der Waals surface area (Å²) in [5, 5.41) is 0.625. The summed E-state index contributed by atoms with van der Waals surface area (Å²) in [5.41, 5.74) is 0. The van der Waals surface area contributed by atoms with Crippen molar-refractivity contribution in [3.8, 4) is 0 Å². The number of aryl methyl sites for hydroxylation is 1. The third kappa shape index (κ3) is 2.60. The van der Waals surface area contributed by atoms with E-state index in [2.05, 4.69) is 6.92 Å². The van der Waals surface area contributed by atoms with E-state index in [0.717, 1.165) is 10.6 Å². The standard InChI is InChI=1S/C11H14OS3/c1-7-3-4-9(15-7)10(12)11-8(2)13-5-6-14-11/h3-4,8,11H,5-6H2,1-2H3. The number of thiophene rings is 1. The van der Waals surface area contributed by atoms with Crippen LogP contribution in [0.1, 0.15) is 21.5 Å². The topological polar surface area (TPSA) is 17.1 Å². The quantitative estimate of drug-likeness (QED) is 0.756. The molecule has 1 nitrogen and oxygen atoms in total. The first-order valence-corrected chi connectivity index (χ1v) is 7.94. The van der Waals surface area contributed by atoms with Crippen LogP contribution in [-0.4, -0.2) is 27.8 Å². The van der Waals surface area contributed by atoms with Crippen LogP contribution in [0.4, 0.5) is 0 Å². The van der Waals surface area contributed by atoms with Crippen molar-refractivity contribution in [3.05, 3.63) is 21.9 Å². The average molecular weight is 258 g/mol.